The Morgan fingerprint density at radius 3 is 2.62 bits per heavy atom. The Kier molecular flexibility index (Phi) is 6.68. The molecule has 5 heteroatoms. The minimum absolute atomic E-state index is 0.291. The summed E-state index contributed by atoms with van der Waals surface area (Å²) < 4.78 is 6.41. The van der Waals surface area contributed by atoms with E-state index >= 15 is 0 Å². The summed E-state index contributed by atoms with van der Waals surface area (Å²) in [6.45, 7) is 9.76. The summed E-state index contributed by atoms with van der Waals surface area (Å²) in [5.74, 6) is 0. The van der Waals surface area contributed by atoms with Gasteiger partial charge in [0, 0.05) is 31.2 Å². The van der Waals surface area contributed by atoms with Gasteiger partial charge < -0.3 is 15.0 Å². The number of amides is 1. The number of halogens is 1. The quantitative estimate of drug-likeness (QED) is 0.817. The van der Waals surface area contributed by atoms with Crippen molar-refractivity contribution in [2.75, 3.05) is 20.1 Å². The molecule has 1 amide bonds. The van der Waals surface area contributed by atoms with Gasteiger partial charge >= 0.3 is 6.09 Å². The molecule has 0 spiro atoms. The van der Waals surface area contributed by atoms with E-state index in [1.165, 1.54) is 11.1 Å². The number of hydrogen-bond acceptors (Lipinski definition) is 3. The van der Waals surface area contributed by atoms with Crippen LogP contribution in [0, 0.1) is 6.92 Å². The number of rotatable bonds is 5. The van der Waals surface area contributed by atoms with E-state index in [0.717, 1.165) is 17.6 Å². The molecule has 0 aliphatic heterocycles. The Morgan fingerprint density at radius 2 is 2.05 bits per heavy atom. The van der Waals surface area contributed by atoms with Crippen LogP contribution in [0.3, 0.4) is 0 Å². The Labute approximate surface area is 136 Å². The highest BCUT2D eigenvalue weighted by Gasteiger charge is 2.18. The molecule has 0 unspecified atom stereocenters. The van der Waals surface area contributed by atoms with E-state index in [0.29, 0.717) is 6.54 Å². The summed E-state index contributed by atoms with van der Waals surface area (Å²) in [5.41, 5.74) is 1.99. The maximum absolute atomic E-state index is 11.8. The topological polar surface area (TPSA) is 41.6 Å². The average Bonchev–Trinajstić information content (AvgIpc) is 2.34. The highest BCUT2D eigenvalue weighted by Crippen LogP contribution is 2.17. The highest BCUT2D eigenvalue weighted by atomic mass is 79.9. The lowest BCUT2D eigenvalue weighted by Crippen LogP contribution is -2.37. The Morgan fingerprint density at radius 1 is 1.38 bits per heavy atom. The Bertz CT molecular complexity index is 484. The molecule has 0 aliphatic carbocycles. The van der Waals surface area contributed by atoms with Gasteiger partial charge in [-0.1, -0.05) is 28.1 Å². The molecular formula is C16H25BrN2O2. The van der Waals surface area contributed by atoms with Crippen LogP contribution in [0.25, 0.3) is 0 Å². The zero-order valence-corrected chi connectivity index (χ0v) is 15.1. The normalized spacial score (nSPS) is 11.3. The van der Waals surface area contributed by atoms with Gasteiger partial charge in [0.2, 0.25) is 0 Å². The fourth-order valence-electron chi connectivity index (χ4n) is 1.70. The van der Waals surface area contributed by atoms with E-state index in [2.05, 4.69) is 46.4 Å². The monoisotopic (exact) mass is 356 g/mol. The van der Waals surface area contributed by atoms with Gasteiger partial charge in [-0.25, -0.2) is 4.79 Å². The van der Waals surface area contributed by atoms with Gasteiger partial charge in [-0.05, 0) is 44.9 Å². The first kappa shape index (κ1) is 18.0. The molecule has 4 nitrogen and oxygen atoms in total. The molecule has 1 rings (SSSR count). The van der Waals surface area contributed by atoms with Crippen molar-refractivity contribution in [3.05, 3.63) is 33.8 Å². The van der Waals surface area contributed by atoms with Crippen LogP contribution >= 0.6 is 15.9 Å². The first-order valence-electron chi connectivity index (χ1n) is 7.09. The predicted octanol–water partition coefficient (Wildman–Crippen LogP) is 3.71. The molecule has 1 N–H and O–H groups in total. The second-order valence-corrected chi connectivity index (χ2v) is 7.03. The second kappa shape index (κ2) is 7.80. The molecule has 0 bridgehead atoms. The third-order valence-electron chi connectivity index (χ3n) is 2.85. The number of ether oxygens (including phenoxy) is 1. The van der Waals surface area contributed by atoms with E-state index in [-0.39, 0.29) is 6.09 Å². The van der Waals surface area contributed by atoms with Gasteiger partial charge in [0.1, 0.15) is 5.60 Å². The second-order valence-electron chi connectivity index (χ2n) is 6.17. The lowest BCUT2D eigenvalue weighted by Gasteiger charge is -2.24. The van der Waals surface area contributed by atoms with Crippen molar-refractivity contribution < 1.29 is 9.53 Å². The molecule has 0 saturated heterocycles. The van der Waals surface area contributed by atoms with Crippen LogP contribution in [-0.4, -0.2) is 36.7 Å². The van der Waals surface area contributed by atoms with Crippen molar-refractivity contribution in [2.24, 2.45) is 0 Å². The molecule has 0 aromatic heterocycles. The third kappa shape index (κ3) is 6.96. The highest BCUT2D eigenvalue weighted by molar-refractivity contribution is 9.10. The molecule has 0 heterocycles. The number of nitrogens with zero attached hydrogens (tertiary/aromatic N) is 1. The number of carbonyl (C=O) groups excluding carboxylic acids is 1. The van der Waals surface area contributed by atoms with Crippen molar-refractivity contribution in [1.29, 1.82) is 0 Å². The van der Waals surface area contributed by atoms with E-state index in [1.807, 2.05) is 20.8 Å². The van der Waals surface area contributed by atoms with Crippen molar-refractivity contribution in [1.82, 2.24) is 10.2 Å². The first-order valence-corrected chi connectivity index (χ1v) is 7.88. The van der Waals surface area contributed by atoms with Crippen LogP contribution < -0.4 is 5.32 Å². The van der Waals surface area contributed by atoms with E-state index in [1.54, 1.807) is 11.9 Å². The lowest BCUT2D eigenvalue weighted by molar-refractivity contribution is 0.0300. The van der Waals surface area contributed by atoms with Gasteiger partial charge in [0.05, 0.1) is 0 Å². The van der Waals surface area contributed by atoms with Gasteiger partial charge in [0.25, 0.3) is 0 Å². The summed E-state index contributed by atoms with van der Waals surface area (Å²) >= 11 is 3.56. The van der Waals surface area contributed by atoms with Gasteiger partial charge in [-0.2, -0.15) is 0 Å². The van der Waals surface area contributed by atoms with Gasteiger partial charge in [-0.15, -0.1) is 0 Å². The van der Waals surface area contributed by atoms with Crippen LogP contribution in [0.2, 0.25) is 0 Å². The van der Waals surface area contributed by atoms with Gasteiger partial charge in [0.15, 0.2) is 0 Å². The van der Waals surface area contributed by atoms with Crippen LogP contribution in [0.15, 0.2) is 22.7 Å². The minimum Gasteiger partial charge on any atom is -0.444 e. The van der Waals surface area contributed by atoms with Crippen molar-refractivity contribution in [3.63, 3.8) is 0 Å². The lowest BCUT2D eigenvalue weighted by atomic mass is 10.1. The van der Waals surface area contributed by atoms with Crippen LogP contribution in [0.1, 0.15) is 31.9 Å². The van der Waals surface area contributed by atoms with Gasteiger partial charge in [-0.3, -0.25) is 0 Å². The van der Waals surface area contributed by atoms with E-state index in [9.17, 15) is 4.79 Å². The number of nitrogens with one attached hydrogen (secondary N) is 1. The third-order valence-corrected chi connectivity index (χ3v) is 3.59. The predicted molar refractivity (Wildman–Crippen MR) is 89.4 cm³/mol. The van der Waals surface area contributed by atoms with Crippen molar-refractivity contribution in [3.8, 4) is 0 Å². The largest absolute Gasteiger partial charge is 0.444 e. The fraction of sp³-hybridized carbons (Fsp3) is 0.562. The van der Waals surface area contributed by atoms with Crippen LogP contribution in [0.4, 0.5) is 4.79 Å². The SMILES string of the molecule is Cc1ccc(CNCCN(C)C(=O)OC(C)(C)C)c(Br)c1. The molecular weight excluding hydrogens is 332 g/mol. The van der Waals surface area contributed by atoms with E-state index in [4.69, 9.17) is 4.74 Å². The Hall–Kier alpha value is -1.07. The molecule has 118 valence electrons. The maximum atomic E-state index is 11.8. The number of hydrogen-bond donors (Lipinski definition) is 1. The summed E-state index contributed by atoms with van der Waals surface area (Å²) in [6.07, 6.45) is -0.291. The fourth-order valence-corrected chi connectivity index (χ4v) is 2.33. The summed E-state index contributed by atoms with van der Waals surface area (Å²) in [4.78, 5) is 13.4. The smallest absolute Gasteiger partial charge is 0.410 e. The molecule has 21 heavy (non-hydrogen) atoms. The summed E-state index contributed by atoms with van der Waals surface area (Å²) in [6, 6.07) is 6.29. The van der Waals surface area contributed by atoms with E-state index < -0.39 is 5.60 Å². The minimum atomic E-state index is -0.453. The number of benzene rings is 1. The molecule has 0 aliphatic rings. The zero-order chi connectivity index (χ0) is 16.0. The van der Waals surface area contributed by atoms with Crippen LogP contribution in [0.5, 0.6) is 0 Å². The molecule has 0 atom stereocenters. The maximum Gasteiger partial charge on any atom is 0.410 e. The molecule has 0 fully saturated rings. The first-order chi connectivity index (χ1) is 9.69. The Balaban J connectivity index is 2.32. The molecule has 0 radical (unpaired) electrons. The zero-order valence-electron chi connectivity index (χ0n) is 13.5. The standard InChI is InChI=1S/C16H25BrN2O2/c1-12-6-7-13(14(17)10-12)11-18-8-9-19(5)15(20)21-16(2,3)4/h6-7,10,18H,8-9,11H2,1-5H3. The number of aryl methyl sites for hydroxylation is 1. The molecule has 1 aromatic carbocycles. The molecule has 1 aromatic rings. The van der Waals surface area contributed by atoms with Crippen molar-refractivity contribution >= 4 is 22.0 Å². The summed E-state index contributed by atoms with van der Waals surface area (Å²) in [5, 5.41) is 3.33. The number of likely N-dealkylation sites (N-methyl/N-ethyl adjacent to an activating group) is 1. The summed E-state index contributed by atoms with van der Waals surface area (Å²) in [7, 11) is 1.75. The average molecular weight is 357 g/mol. The van der Waals surface area contributed by atoms with Crippen molar-refractivity contribution in [2.45, 2.75) is 39.8 Å². The number of carbonyl (C=O) groups is 1. The molecule has 0 saturated carbocycles. The van der Waals surface area contributed by atoms with Crippen LogP contribution in [-0.2, 0) is 11.3 Å².